The molecule has 0 spiro atoms. The standard InChI is InChI=1S/C7H6BrN2P/c8-4-1-2-5-6(3-4)10-7(11)9-5/h1-3H,11H2,(H,9,10). The first-order chi connectivity index (χ1) is 5.25. The number of hydrogen-bond donors (Lipinski definition) is 1. The molecule has 0 saturated heterocycles. The van der Waals surface area contributed by atoms with Crippen LogP contribution in [0.5, 0.6) is 0 Å². The Morgan fingerprint density at radius 3 is 3.09 bits per heavy atom. The minimum Gasteiger partial charge on any atom is -0.339 e. The Labute approximate surface area is 74.7 Å². The van der Waals surface area contributed by atoms with Crippen LogP contribution in [0.25, 0.3) is 11.0 Å². The minimum absolute atomic E-state index is 0.873. The number of aromatic amines is 1. The molecule has 1 heterocycles. The maximum atomic E-state index is 4.24. The van der Waals surface area contributed by atoms with Crippen molar-refractivity contribution in [2.45, 2.75) is 0 Å². The number of nitrogens with zero attached hydrogens (tertiary/aromatic N) is 1. The molecular formula is C7H6BrN2P. The van der Waals surface area contributed by atoms with Crippen molar-refractivity contribution in [3.8, 4) is 0 Å². The molecule has 0 amide bonds. The van der Waals surface area contributed by atoms with E-state index in [1.807, 2.05) is 18.2 Å². The zero-order valence-electron chi connectivity index (χ0n) is 5.63. The fourth-order valence-electron chi connectivity index (χ4n) is 1.00. The first kappa shape index (κ1) is 7.26. The van der Waals surface area contributed by atoms with Crippen LogP contribution in [0.2, 0.25) is 0 Å². The maximum Gasteiger partial charge on any atom is 0.123 e. The summed E-state index contributed by atoms with van der Waals surface area (Å²) in [6.07, 6.45) is 0. The molecule has 0 aliphatic rings. The second-order valence-electron chi connectivity index (χ2n) is 2.28. The van der Waals surface area contributed by atoms with Crippen molar-refractivity contribution in [3.63, 3.8) is 0 Å². The van der Waals surface area contributed by atoms with Gasteiger partial charge in [0.15, 0.2) is 0 Å². The lowest BCUT2D eigenvalue weighted by Gasteiger charge is -1.87. The highest BCUT2D eigenvalue weighted by atomic mass is 79.9. The summed E-state index contributed by atoms with van der Waals surface area (Å²) in [7, 11) is 2.54. The molecule has 1 aromatic heterocycles. The zero-order chi connectivity index (χ0) is 7.84. The summed E-state index contributed by atoms with van der Waals surface area (Å²) < 4.78 is 1.07. The fraction of sp³-hybridized carbons (Fsp3) is 0. The van der Waals surface area contributed by atoms with Crippen molar-refractivity contribution < 1.29 is 0 Å². The molecule has 4 heteroatoms. The number of fused-ring (bicyclic) bond motifs is 1. The number of hydrogen-bond acceptors (Lipinski definition) is 1. The van der Waals surface area contributed by atoms with E-state index in [9.17, 15) is 0 Å². The summed E-state index contributed by atoms with van der Waals surface area (Å²) in [5, 5.41) is 0. The van der Waals surface area contributed by atoms with Crippen LogP contribution < -0.4 is 5.57 Å². The molecular weight excluding hydrogens is 223 g/mol. The molecule has 0 aliphatic carbocycles. The maximum absolute atomic E-state index is 4.24. The van der Waals surface area contributed by atoms with E-state index < -0.39 is 0 Å². The van der Waals surface area contributed by atoms with Gasteiger partial charge in [-0.25, -0.2) is 4.98 Å². The third kappa shape index (κ3) is 1.31. The van der Waals surface area contributed by atoms with Gasteiger partial charge < -0.3 is 4.98 Å². The van der Waals surface area contributed by atoms with E-state index in [1.165, 1.54) is 0 Å². The number of nitrogens with one attached hydrogen (secondary N) is 1. The predicted octanol–water partition coefficient (Wildman–Crippen LogP) is 1.83. The molecule has 0 radical (unpaired) electrons. The van der Waals surface area contributed by atoms with Crippen LogP contribution in [0.1, 0.15) is 0 Å². The highest BCUT2D eigenvalue weighted by Gasteiger charge is 1.97. The summed E-state index contributed by atoms with van der Waals surface area (Å²) >= 11 is 3.39. The van der Waals surface area contributed by atoms with E-state index in [4.69, 9.17) is 0 Å². The SMILES string of the molecule is Pc1nc2ccc(Br)cc2[nH]1. The van der Waals surface area contributed by atoms with E-state index in [0.717, 1.165) is 21.1 Å². The number of halogens is 1. The highest BCUT2D eigenvalue weighted by Crippen LogP contribution is 2.15. The molecule has 1 atom stereocenters. The van der Waals surface area contributed by atoms with Crippen molar-refractivity contribution in [1.82, 2.24) is 9.97 Å². The highest BCUT2D eigenvalue weighted by molar-refractivity contribution is 9.10. The van der Waals surface area contributed by atoms with Gasteiger partial charge in [-0.15, -0.1) is 0 Å². The summed E-state index contributed by atoms with van der Waals surface area (Å²) in [6.45, 7) is 0. The van der Waals surface area contributed by atoms with Crippen LogP contribution in [0.4, 0.5) is 0 Å². The number of imidazole rings is 1. The lowest BCUT2D eigenvalue weighted by molar-refractivity contribution is 1.45. The molecule has 2 nitrogen and oxygen atoms in total. The van der Waals surface area contributed by atoms with Gasteiger partial charge in [0.05, 0.1) is 11.0 Å². The number of aromatic nitrogens is 2. The van der Waals surface area contributed by atoms with Gasteiger partial charge in [-0.05, 0) is 18.2 Å². The van der Waals surface area contributed by atoms with E-state index in [1.54, 1.807) is 0 Å². The quantitative estimate of drug-likeness (QED) is 0.686. The number of benzene rings is 1. The molecule has 0 saturated carbocycles. The van der Waals surface area contributed by atoms with Gasteiger partial charge in [0.1, 0.15) is 5.57 Å². The Hall–Kier alpha value is -0.400. The lowest BCUT2D eigenvalue weighted by Crippen LogP contribution is -1.91. The Balaban J connectivity index is 2.82. The van der Waals surface area contributed by atoms with Gasteiger partial charge in [0.25, 0.3) is 0 Å². The summed E-state index contributed by atoms with van der Waals surface area (Å²) in [5.74, 6) is 0. The lowest BCUT2D eigenvalue weighted by atomic mass is 10.3. The molecule has 2 rings (SSSR count). The molecule has 1 aromatic carbocycles. The average molecular weight is 229 g/mol. The molecule has 0 bridgehead atoms. The van der Waals surface area contributed by atoms with Crippen molar-refractivity contribution in [1.29, 1.82) is 0 Å². The molecule has 56 valence electrons. The predicted molar refractivity (Wildman–Crippen MR) is 53.1 cm³/mol. The minimum atomic E-state index is 0.873. The Kier molecular flexibility index (Phi) is 1.70. The first-order valence-electron chi connectivity index (χ1n) is 3.16. The monoisotopic (exact) mass is 228 g/mol. The van der Waals surface area contributed by atoms with E-state index in [2.05, 4.69) is 35.1 Å². The van der Waals surface area contributed by atoms with Crippen LogP contribution in [-0.4, -0.2) is 9.97 Å². The fourth-order valence-corrected chi connectivity index (χ4v) is 1.66. The summed E-state index contributed by atoms with van der Waals surface area (Å²) in [5.41, 5.74) is 2.93. The van der Waals surface area contributed by atoms with Crippen molar-refractivity contribution in [2.75, 3.05) is 0 Å². The molecule has 0 fully saturated rings. The molecule has 1 N–H and O–H groups in total. The van der Waals surface area contributed by atoms with Crippen LogP contribution in [0.3, 0.4) is 0 Å². The van der Waals surface area contributed by atoms with Gasteiger partial charge >= 0.3 is 0 Å². The van der Waals surface area contributed by atoms with Crippen molar-refractivity contribution in [2.24, 2.45) is 0 Å². The molecule has 1 unspecified atom stereocenters. The Morgan fingerprint density at radius 1 is 1.45 bits per heavy atom. The smallest absolute Gasteiger partial charge is 0.123 e. The molecule has 2 aromatic rings. The van der Waals surface area contributed by atoms with Gasteiger partial charge in [-0.3, -0.25) is 0 Å². The van der Waals surface area contributed by atoms with E-state index in [0.29, 0.717) is 0 Å². The van der Waals surface area contributed by atoms with Crippen LogP contribution in [0, 0.1) is 0 Å². The Bertz CT molecular complexity index is 396. The number of H-pyrrole nitrogens is 1. The summed E-state index contributed by atoms with van der Waals surface area (Å²) in [6, 6.07) is 5.96. The second kappa shape index (κ2) is 2.58. The Morgan fingerprint density at radius 2 is 2.27 bits per heavy atom. The van der Waals surface area contributed by atoms with E-state index >= 15 is 0 Å². The van der Waals surface area contributed by atoms with E-state index in [-0.39, 0.29) is 0 Å². The largest absolute Gasteiger partial charge is 0.339 e. The van der Waals surface area contributed by atoms with Gasteiger partial charge in [0, 0.05) is 4.47 Å². The average Bonchev–Trinajstić information content (AvgIpc) is 2.27. The van der Waals surface area contributed by atoms with Crippen LogP contribution >= 0.6 is 25.2 Å². The zero-order valence-corrected chi connectivity index (χ0v) is 8.38. The van der Waals surface area contributed by atoms with Gasteiger partial charge in [-0.2, -0.15) is 0 Å². The third-order valence-electron chi connectivity index (χ3n) is 1.46. The topological polar surface area (TPSA) is 28.7 Å². The third-order valence-corrected chi connectivity index (χ3v) is 2.23. The molecule has 0 aliphatic heterocycles. The van der Waals surface area contributed by atoms with Crippen LogP contribution in [-0.2, 0) is 0 Å². The number of rotatable bonds is 0. The normalized spacial score (nSPS) is 10.7. The second-order valence-corrected chi connectivity index (χ2v) is 3.75. The summed E-state index contributed by atoms with van der Waals surface area (Å²) in [4.78, 5) is 7.36. The van der Waals surface area contributed by atoms with Crippen LogP contribution in [0.15, 0.2) is 22.7 Å². The van der Waals surface area contributed by atoms with Gasteiger partial charge in [-0.1, -0.05) is 25.2 Å². The van der Waals surface area contributed by atoms with Gasteiger partial charge in [0.2, 0.25) is 0 Å². The molecule has 11 heavy (non-hydrogen) atoms. The first-order valence-corrected chi connectivity index (χ1v) is 4.53. The van der Waals surface area contributed by atoms with Crippen molar-refractivity contribution in [3.05, 3.63) is 22.7 Å². The van der Waals surface area contributed by atoms with Crippen molar-refractivity contribution >= 4 is 41.8 Å².